The molecule has 36 heavy (non-hydrogen) atoms. The van der Waals surface area contributed by atoms with Crippen molar-refractivity contribution in [3.63, 3.8) is 0 Å². The minimum atomic E-state index is -0.805. The largest absolute Gasteiger partial charge is 0.507 e. The van der Waals surface area contributed by atoms with Crippen LogP contribution in [-0.4, -0.2) is 40.9 Å². The van der Waals surface area contributed by atoms with E-state index >= 15 is 0 Å². The van der Waals surface area contributed by atoms with E-state index in [1.807, 2.05) is 39.0 Å². The molecule has 1 unspecified atom stereocenters. The van der Waals surface area contributed by atoms with Gasteiger partial charge >= 0.3 is 0 Å². The molecule has 7 nitrogen and oxygen atoms in total. The SMILES string of the molecule is COc1cccc(C2/C(=C(/O)c3ccc(OC)c(C(C)(C)C)c3)C(=O)C(=O)N2Cc2cccnc2)c1. The fraction of sp³-hybridized carbons (Fsp3) is 0.276. The summed E-state index contributed by atoms with van der Waals surface area (Å²) in [6.07, 6.45) is 3.30. The van der Waals surface area contributed by atoms with Crippen LogP contribution < -0.4 is 9.47 Å². The van der Waals surface area contributed by atoms with Gasteiger partial charge in [-0.25, -0.2) is 0 Å². The summed E-state index contributed by atoms with van der Waals surface area (Å²) in [5, 5.41) is 11.5. The van der Waals surface area contributed by atoms with Crippen molar-refractivity contribution in [3.05, 3.63) is 94.8 Å². The molecule has 2 heterocycles. The van der Waals surface area contributed by atoms with Crippen LogP contribution in [-0.2, 0) is 21.5 Å². The molecule has 1 aliphatic rings. The summed E-state index contributed by atoms with van der Waals surface area (Å²) in [6.45, 7) is 6.28. The summed E-state index contributed by atoms with van der Waals surface area (Å²) in [5.74, 6) is -0.391. The quantitative estimate of drug-likeness (QED) is 0.299. The number of rotatable bonds is 6. The molecule has 1 aromatic heterocycles. The Balaban J connectivity index is 1.91. The van der Waals surface area contributed by atoms with Crippen LogP contribution in [0.15, 0.2) is 72.6 Å². The molecule has 0 saturated carbocycles. The standard InChI is InChI=1S/C29H30N2O5/c1-29(2,3)22-15-20(11-12-23(22)36-5)26(32)24-25(19-9-6-10-21(14-19)35-4)31(28(34)27(24)33)17-18-8-7-13-30-16-18/h6-16,25,32H,17H2,1-5H3/b26-24-. The lowest BCUT2D eigenvalue weighted by molar-refractivity contribution is -0.140. The van der Waals surface area contributed by atoms with Crippen molar-refractivity contribution in [2.75, 3.05) is 14.2 Å². The van der Waals surface area contributed by atoms with Gasteiger partial charge in [0.25, 0.3) is 11.7 Å². The van der Waals surface area contributed by atoms with Crippen LogP contribution in [0.5, 0.6) is 11.5 Å². The normalized spacial score (nSPS) is 17.4. The van der Waals surface area contributed by atoms with Gasteiger partial charge < -0.3 is 19.5 Å². The number of ketones is 1. The number of pyridine rings is 1. The second-order valence-corrected chi connectivity index (χ2v) is 9.73. The van der Waals surface area contributed by atoms with Gasteiger partial charge in [0.05, 0.1) is 25.8 Å². The zero-order valence-electron chi connectivity index (χ0n) is 21.1. The molecule has 3 aromatic rings. The number of methoxy groups -OCH3 is 2. The average Bonchev–Trinajstić information content (AvgIpc) is 3.13. The molecule has 1 amide bonds. The number of amides is 1. The Kier molecular flexibility index (Phi) is 6.84. The van der Waals surface area contributed by atoms with E-state index in [4.69, 9.17) is 9.47 Å². The summed E-state index contributed by atoms with van der Waals surface area (Å²) in [4.78, 5) is 32.3. The maximum atomic E-state index is 13.4. The second-order valence-electron chi connectivity index (χ2n) is 9.73. The fourth-order valence-electron chi connectivity index (χ4n) is 4.49. The predicted molar refractivity (Wildman–Crippen MR) is 137 cm³/mol. The Morgan fingerprint density at radius 3 is 2.44 bits per heavy atom. The topological polar surface area (TPSA) is 89.0 Å². The van der Waals surface area contributed by atoms with Gasteiger partial charge in [0.2, 0.25) is 0 Å². The summed E-state index contributed by atoms with van der Waals surface area (Å²) in [7, 11) is 3.15. The van der Waals surface area contributed by atoms with Crippen LogP contribution in [0.25, 0.3) is 5.76 Å². The summed E-state index contributed by atoms with van der Waals surface area (Å²) < 4.78 is 10.9. The van der Waals surface area contributed by atoms with E-state index in [9.17, 15) is 14.7 Å². The molecular formula is C29H30N2O5. The van der Waals surface area contributed by atoms with Gasteiger partial charge in [0.1, 0.15) is 17.3 Å². The minimum absolute atomic E-state index is 0.0298. The maximum Gasteiger partial charge on any atom is 0.295 e. The molecule has 1 saturated heterocycles. The number of carbonyl (C=O) groups is 2. The van der Waals surface area contributed by atoms with E-state index in [-0.39, 0.29) is 23.3 Å². The van der Waals surface area contributed by atoms with Gasteiger partial charge in [-0.2, -0.15) is 0 Å². The highest BCUT2D eigenvalue weighted by molar-refractivity contribution is 6.46. The van der Waals surface area contributed by atoms with Crippen LogP contribution >= 0.6 is 0 Å². The number of aliphatic hydroxyl groups excluding tert-OH is 1. The molecule has 0 spiro atoms. The number of hydrogen-bond acceptors (Lipinski definition) is 6. The van der Waals surface area contributed by atoms with Crippen molar-refractivity contribution in [2.24, 2.45) is 0 Å². The molecule has 1 aliphatic heterocycles. The molecule has 1 N–H and O–H groups in total. The van der Waals surface area contributed by atoms with Crippen LogP contribution in [0, 0.1) is 0 Å². The number of benzene rings is 2. The number of likely N-dealkylation sites (tertiary alicyclic amines) is 1. The first kappa shape index (κ1) is 25.0. The highest BCUT2D eigenvalue weighted by Gasteiger charge is 2.46. The third-order valence-corrected chi connectivity index (χ3v) is 6.31. The predicted octanol–water partition coefficient (Wildman–Crippen LogP) is 5.02. The first-order chi connectivity index (χ1) is 17.2. The van der Waals surface area contributed by atoms with Crippen LogP contribution in [0.1, 0.15) is 49.1 Å². The zero-order valence-corrected chi connectivity index (χ0v) is 21.1. The highest BCUT2D eigenvalue weighted by atomic mass is 16.5. The molecule has 1 fully saturated rings. The molecule has 0 radical (unpaired) electrons. The molecule has 4 rings (SSSR count). The Hall–Kier alpha value is -4.13. The Labute approximate surface area is 211 Å². The van der Waals surface area contributed by atoms with Gasteiger partial charge in [-0.1, -0.05) is 39.0 Å². The first-order valence-corrected chi connectivity index (χ1v) is 11.7. The summed E-state index contributed by atoms with van der Waals surface area (Å²) >= 11 is 0. The van der Waals surface area contributed by atoms with Gasteiger partial charge in [-0.05, 0) is 52.9 Å². The van der Waals surface area contributed by atoms with Crippen molar-refractivity contribution in [1.29, 1.82) is 0 Å². The number of ether oxygens (including phenoxy) is 2. The third-order valence-electron chi connectivity index (χ3n) is 6.31. The molecule has 1 atom stereocenters. The Bertz CT molecular complexity index is 1320. The lowest BCUT2D eigenvalue weighted by atomic mass is 9.84. The number of aromatic nitrogens is 1. The van der Waals surface area contributed by atoms with Crippen LogP contribution in [0.2, 0.25) is 0 Å². The third kappa shape index (κ3) is 4.69. The molecule has 7 heteroatoms. The monoisotopic (exact) mass is 486 g/mol. The van der Waals surface area contributed by atoms with Crippen molar-refractivity contribution in [1.82, 2.24) is 9.88 Å². The van der Waals surface area contributed by atoms with Gasteiger partial charge in [0, 0.05) is 30.1 Å². The summed E-state index contributed by atoms with van der Waals surface area (Å²) in [5.41, 5.74) is 2.49. The van der Waals surface area contributed by atoms with E-state index in [2.05, 4.69) is 4.98 Å². The zero-order chi connectivity index (χ0) is 26.0. The highest BCUT2D eigenvalue weighted by Crippen LogP contribution is 2.42. The van der Waals surface area contributed by atoms with Crippen LogP contribution in [0.3, 0.4) is 0 Å². The van der Waals surface area contributed by atoms with Crippen molar-refractivity contribution < 1.29 is 24.2 Å². The van der Waals surface area contributed by atoms with E-state index in [0.29, 0.717) is 22.6 Å². The number of hydrogen-bond donors (Lipinski definition) is 1. The van der Waals surface area contributed by atoms with E-state index < -0.39 is 17.7 Å². The van der Waals surface area contributed by atoms with Gasteiger partial charge in [-0.3, -0.25) is 14.6 Å². The molecule has 0 aliphatic carbocycles. The number of aliphatic hydroxyl groups is 1. The van der Waals surface area contributed by atoms with E-state index in [1.165, 1.54) is 4.90 Å². The number of Topliss-reactive ketones (excluding diaryl/α,β-unsaturated/α-hetero) is 1. The lowest BCUT2D eigenvalue weighted by Gasteiger charge is -2.26. The average molecular weight is 487 g/mol. The van der Waals surface area contributed by atoms with Crippen molar-refractivity contribution in [2.45, 2.75) is 38.8 Å². The number of nitrogens with zero attached hydrogens (tertiary/aromatic N) is 2. The van der Waals surface area contributed by atoms with Gasteiger partial charge in [0.15, 0.2) is 0 Å². The first-order valence-electron chi connectivity index (χ1n) is 11.7. The van der Waals surface area contributed by atoms with E-state index in [1.54, 1.807) is 63.0 Å². The second kappa shape index (κ2) is 9.85. The smallest absolute Gasteiger partial charge is 0.295 e. The fourth-order valence-corrected chi connectivity index (χ4v) is 4.49. The summed E-state index contributed by atoms with van der Waals surface area (Å²) in [6, 6.07) is 15.3. The molecule has 186 valence electrons. The minimum Gasteiger partial charge on any atom is -0.507 e. The molecule has 2 aromatic carbocycles. The van der Waals surface area contributed by atoms with Gasteiger partial charge in [-0.15, -0.1) is 0 Å². The van der Waals surface area contributed by atoms with Crippen molar-refractivity contribution >= 4 is 17.4 Å². The van der Waals surface area contributed by atoms with Crippen molar-refractivity contribution in [3.8, 4) is 11.5 Å². The van der Waals surface area contributed by atoms with E-state index in [0.717, 1.165) is 11.1 Å². The molecule has 0 bridgehead atoms. The maximum absolute atomic E-state index is 13.4. The lowest BCUT2D eigenvalue weighted by Crippen LogP contribution is -2.29. The number of carbonyl (C=O) groups excluding carboxylic acids is 2. The Morgan fingerprint density at radius 2 is 1.81 bits per heavy atom. The van der Waals surface area contributed by atoms with Crippen LogP contribution in [0.4, 0.5) is 0 Å². The Morgan fingerprint density at radius 1 is 1.03 bits per heavy atom. The molecular weight excluding hydrogens is 456 g/mol.